The Bertz CT molecular complexity index is 2580. The number of hydrogen-bond donors (Lipinski definition) is 2. The number of carboxylic acid groups (broad SMARTS) is 1. The van der Waals surface area contributed by atoms with Gasteiger partial charge in [0.05, 0.1) is 13.1 Å². The molecule has 0 spiro atoms. The van der Waals surface area contributed by atoms with Crippen molar-refractivity contribution in [1.29, 1.82) is 0 Å². The summed E-state index contributed by atoms with van der Waals surface area (Å²) < 4.78 is 31.5. The van der Waals surface area contributed by atoms with Gasteiger partial charge < -0.3 is 43.3 Å². The van der Waals surface area contributed by atoms with E-state index in [2.05, 4.69) is 37.5 Å². The lowest BCUT2D eigenvalue weighted by atomic mass is 9.89. The van der Waals surface area contributed by atoms with Crippen molar-refractivity contribution in [2.24, 2.45) is 0 Å². The first-order valence-corrected chi connectivity index (χ1v) is 19.8. The number of benzene rings is 4. The number of carboxylic acids is 1. The molecule has 316 valence electrons. The highest BCUT2D eigenvalue weighted by molar-refractivity contribution is 5.93. The molecule has 62 heavy (non-hydrogen) atoms. The van der Waals surface area contributed by atoms with Crippen LogP contribution in [0.4, 0.5) is 11.4 Å². The fourth-order valence-corrected chi connectivity index (χ4v) is 7.50. The minimum atomic E-state index is -1.12. The Morgan fingerprint density at radius 3 is 1.53 bits per heavy atom. The van der Waals surface area contributed by atoms with E-state index in [1.165, 1.54) is 30.0 Å². The van der Waals surface area contributed by atoms with Gasteiger partial charge in [-0.2, -0.15) is 0 Å². The standard InChI is InChI=1S/C23H19N3O4.C12H14N2.C11H7NO5.CH4/c1-24-18-5-2-15(3-6-18)16-8-10-26(11-9-16)23(27)19-13-21(30-25-19)17-4-7-20-22(12-17)29-14-28-20;1-13-12-4-2-10(3-5-12)11-6-8-14-9-7-11;13-11(14)7-4-9(17-12-7)6-1-2-8-10(3-6)16-5-15-8;/h2-7,12-13,16H,8-11,14H2;2-5,11,14H,6-9H2;1-4H,5H2,(H,13,14);1H4. The average molecular weight is 837 g/mol. The first kappa shape index (κ1) is 42.5. The van der Waals surface area contributed by atoms with E-state index in [1.54, 1.807) is 24.3 Å². The number of likely N-dealkylation sites (tertiary alicyclic amines) is 1. The van der Waals surface area contributed by atoms with Gasteiger partial charge in [-0.15, -0.1) is 0 Å². The minimum absolute atomic E-state index is 0. The number of amides is 1. The summed E-state index contributed by atoms with van der Waals surface area (Å²) in [7, 11) is 0. The lowest BCUT2D eigenvalue weighted by Gasteiger charge is -2.31. The molecule has 15 nitrogen and oxygen atoms in total. The Morgan fingerprint density at radius 2 is 1.06 bits per heavy atom. The highest BCUT2D eigenvalue weighted by Crippen LogP contribution is 2.38. The molecular weight excluding hydrogens is 793 g/mol. The third-order valence-corrected chi connectivity index (χ3v) is 10.9. The van der Waals surface area contributed by atoms with Crippen molar-refractivity contribution in [1.82, 2.24) is 20.5 Å². The summed E-state index contributed by atoms with van der Waals surface area (Å²) in [5, 5.41) is 19.5. The molecule has 4 aliphatic heterocycles. The van der Waals surface area contributed by atoms with E-state index in [-0.39, 0.29) is 32.6 Å². The van der Waals surface area contributed by atoms with E-state index in [0.29, 0.717) is 76.4 Å². The fourth-order valence-electron chi connectivity index (χ4n) is 7.50. The molecule has 2 aromatic heterocycles. The van der Waals surface area contributed by atoms with Crippen LogP contribution in [0.2, 0.25) is 0 Å². The maximum Gasteiger partial charge on any atom is 0.358 e. The number of aromatic carboxylic acids is 1. The van der Waals surface area contributed by atoms with Gasteiger partial charge in [0, 0.05) is 36.3 Å². The Hall–Kier alpha value is -7.62. The van der Waals surface area contributed by atoms with Crippen LogP contribution in [-0.4, -0.2) is 72.0 Å². The van der Waals surface area contributed by atoms with Gasteiger partial charge >= 0.3 is 5.97 Å². The normalized spacial score (nSPS) is 15.1. The molecule has 15 heteroatoms. The molecule has 10 rings (SSSR count). The molecule has 6 aromatic rings. The summed E-state index contributed by atoms with van der Waals surface area (Å²) in [5.41, 5.74) is 5.65. The first-order valence-electron chi connectivity index (χ1n) is 19.8. The SMILES string of the molecule is C.O=C(O)c1cc(-c2ccc3c(c2)OCO3)on1.[C-]#[N+]c1ccc(C2CCN(C(=O)c3cc(-c4ccc5c(c4)OCO5)on3)CC2)cc1.[C-]#[N+]c1ccc(C2CCNCC2)cc1. The maximum absolute atomic E-state index is 12.9. The number of carbonyl (C=O) groups is 2. The summed E-state index contributed by atoms with van der Waals surface area (Å²) in [5.74, 6) is 3.36. The van der Waals surface area contributed by atoms with E-state index in [1.807, 2.05) is 59.5 Å². The van der Waals surface area contributed by atoms with Crippen LogP contribution in [0.3, 0.4) is 0 Å². The molecule has 1 amide bonds. The molecule has 4 aliphatic rings. The summed E-state index contributed by atoms with van der Waals surface area (Å²) in [6.07, 6.45) is 4.21. The molecule has 6 heterocycles. The monoisotopic (exact) mass is 836 g/mol. The highest BCUT2D eigenvalue weighted by atomic mass is 16.7. The van der Waals surface area contributed by atoms with E-state index < -0.39 is 5.97 Å². The van der Waals surface area contributed by atoms with Crippen molar-refractivity contribution in [3.8, 4) is 45.6 Å². The van der Waals surface area contributed by atoms with Gasteiger partial charge in [-0.25, -0.2) is 14.5 Å². The second kappa shape index (κ2) is 19.6. The number of nitrogens with zero attached hydrogens (tertiary/aromatic N) is 5. The van der Waals surface area contributed by atoms with Gasteiger partial charge in [-0.3, -0.25) is 4.79 Å². The fraction of sp³-hybridized carbons (Fsp3) is 0.277. The maximum atomic E-state index is 12.9. The third-order valence-electron chi connectivity index (χ3n) is 10.9. The predicted molar refractivity (Wildman–Crippen MR) is 228 cm³/mol. The van der Waals surface area contributed by atoms with Crippen LogP contribution in [-0.2, 0) is 0 Å². The Morgan fingerprint density at radius 1 is 0.613 bits per heavy atom. The van der Waals surface area contributed by atoms with Gasteiger partial charge in [-0.1, -0.05) is 66.3 Å². The summed E-state index contributed by atoms with van der Waals surface area (Å²) in [6.45, 7) is 17.9. The van der Waals surface area contributed by atoms with E-state index >= 15 is 0 Å². The van der Waals surface area contributed by atoms with Crippen LogP contribution < -0.4 is 24.3 Å². The second-order valence-corrected chi connectivity index (χ2v) is 14.6. The lowest BCUT2D eigenvalue weighted by Crippen LogP contribution is -2.38. The average Bonchev–Trinajstić information content (AvgIpc) is 4.17. The van der Waals surface area contributed by atoms with Crippen molar-refractivity contribution in [2.45, 2.75) is 44.9 Å². The lowest BCUT2D eigenvalue weighted by molar-refractivity contribution is 0.0682. The van der Waals surface area contributed by atoms with Crippen LogP contribution in [0.25, 0.3) is 32.3 Å². The first-order chi connectivity index (χ1) is 29.8. The van der Waals surface area contributed by atoms with E-state index in [4.69, 9.17) is 46.2 Å². The van der Waals surface area contributed by atoms with E-state index in [0.717, 1.165) is 37.2 Å². The zero-order valence-electron chi connectivity index (χ0n) is 32.9. The van der Waals surface area contributed by atoms with Crippen LogP contribution in [0, 0.1) is 13.1 Å². The van der Waals surface area contributed by atoms with Crippen LogP contribution in [0.15, 0.2) is 106 Å². The van der Waals surface area contributed by atoms with Gasteiger partial charge in [0.25, 0.3) is 5.91 Å². The largest absolute Gasteiger partial charge is 0.476 e. The van der Waals surface area contributed by atoms with Crippen molar-refractivity contribution >= 4 is 23.3 Å². The number of nitrogens with one attached hydrogen (secondary N) is 1. The van der Waals surface area contributed by atoms with Crippen molar-refractivity contribution in [3.05, 3.63) is 142 Å². The molecule has 0 atom stereocenters. The van der Waals surface area contributed by atoms with Crippen LogP contribution in [0.1, 0.15) is 77.0 Å². The summed E-state index contributed by atoms with van der Waals surface area (Å²) in [6, 6.07) is 29.5. The number of rotatable bonds is 6. The molecule has 2 fully saturated rings. The predicted octanol–water partition coefficient (Wildman–Crippen LogP) is 9.75. The second-order valence-electron chi connectivity index (χ2n) is 14.6. The Kier molecular flexibility index (Phi) is 13.5. The number of piperidine rings is 2. The topological polar surface area (TPSA) is 167 Å². The molecule has 0 unspecified atom stereocenters. The smallest absolute Gasteiger partial charge is 0.358 e. The number of fused-ring (bicyclic) bond motifs is 2. The Labute approximate surface area is 358 Å². The molecule has 0 radical (unpaired) electrons. The Balaban J connectivity index is 0.000000153. The van der Waals surface area contributed by atoms with Gasteiger partial charge in [0.15, 0.2) is 57.3 Å². The zero-order valence-corrected chi connectivity index (χ0v) is 32.9. The molecule has 0 aliphatic carbocycles. The molecule has 2 saturated heterocycles. The summed E-state index contributed by atoms with van der Waals surface area (Å²) in [4.78, 5) is 32.2. The zero-order chi connectivity index (χ0) is 42.1. The number of aromatic nitrogens is 2. The summed E-state index contributed by atoms with van der Waals surface area (Å²) >= 11 is 0. The molecule has 2 N–H and O–H groups in total. The molecule has 4 aromatic carbocycles. The third kappa shape index (κ3) is 9.87. The number of carbonyl (C=O) groups excluding carboxylic acids is 1. The molecule has 0 bridgehead atoms. The number of hydrogen-bond acceptors (Lipinski definition) is 11. The van der Waals surface area contributed by atoms with Crippen molar-refractivity contribution in [3.63, 3.8) is 0 Å². The van der Waals surface area contributed by atoms with Crippen molar-refractivity contribution < 1.29 is 42.7 Å². The van der Waals surface area contributed by atoms with Crippen LogP contribution >= 0.6 is 0 Å². The minimum Gasteiger partial charge on any atom is -0.476 e. The molecule has 0 saturated carbocycles. The van der Waals surface area contributed by atoms with Crippen molar-refractivity contribution in [2.75, 3.05) is 39.8 Å². The van der Waals surface area contributed by atoms with Crippen LogP contribution in [0.5, 0.6) is 23.0 Å². The van der Waals surface area contributed by atoms with E-state index in [9.17, 15) is 9.59 Å². The molecular formula is C47H44N6O9. The number of ether oxygens (including phenoxy) is 4. The quantitative estimate of drug-likeness (QED) is 0.153. The van der Waals surface area contributed by atoms with Gasteiger partial charge in [0.1, 0.15) is 0 Å². The highest BCUT2D eigenvalue weighted by Gasteiger charge is 2.27. The van der Waals surface area contributed by atoms with Gasteiger partial charge in [-0.05, 0) is 98.1 Å². The van der Waals surface area contributed by atoms with Gasteiger partial charge in [0.2, 0.25) is 13.6 Å².